The molecule has 28 heavy (non-hydrogen) atoms. The molecule has 0 rings (SSSR count). The van der Waals surface area contributed by atoms with E-state index in [2.05, 4.69) is 12.2 Å². The van der Waals surface area contributed by atoms with Gasteiger partial charge in [-0.2, -0.15) is 0 Å². The first-order valence-electron chi connectivity index (χ1n) is 10.6. The molecule has 0 aromatic heterocycles. The minimum Gasteiger partial charge on any atom is -0.392 e. The molecular weight excluding hydrogens is 360 g/mol. The Balaban J connectivity index is 4.82. The number of primary amides is 1. The van der Waals surface area contributed by atoms with E-state index in [0.717, 1.165) is 25.7 Å². The first-order valence-corrected chi connectivity index (χ1v) is 10.6. The van der Waals surface area contributed by atoms with E-state index in [1.54, 1.807) is 0 Å². The smallest absolute Gasteiger partial charge is 0.240 e. The molecule has 3 atom stereocenters. The number of ketones is 1. The Kier molecular flexibility index (Phi) is 15.6. The third kappa shape index (κ3) is 12.0. The van der Waals surface area contributed by atoms with Gasteiger partial charge in [0.15, 0.2) is 0 Å². The molecule has 8 heteroatoms. The highest BCUT2D eigenvalue weighted by Crippen LogP contribution is 2.20. The molecule has 0 radical (unpaired) electrons. The van der Waals surface area contributed by atoms with Crippen molar-refractivity contribution in [2.24, 2.45) is 23.1 Å². The number of unbranched alkanes of at least 4 members (excludes halogenated alkanes) is 3. The highest BCUT2D eigenvalue weighted by molar-refractivity contribution is 5.87. The van der Waals surface area contributed by atoms with Gasteiger partial charge >= 0.3 is 0 Å². The van der Waals surface area contributed by atoms with Crippen molar-refractivity contribution in [3.05, 3.63) is 0 Å². The summed E-state index contributed by atoms with van der Waals surface area (Å²) in [6.07, 6.45) is 6.27. The Morgan fingerprint density at radius 1 is 0.893 bits per heavy atom. The van der Waals surface area contributed by atoms with Gasteiger partial charge in [0.1, 0.15) is 11.8 Å². The molecule has 0 bridgehead atoms. The summed E-state index contributed by atoms with van der Waals surface area (Å²) >= 11 is 0. The molecule has 2 amide bonds. The van der Waals surface area contributed by atoms with Gasteiger partial charge in [-0.15, -0.1) is 0 Å². The molecule has 0 heterocycles. The zero-order chi connectivity index (χ0) is 21.4. The average molecular weight is 401 g/mol. The fourth-order valence-corrected chi connectivity index (χ4v) is 3.15. The van der Waals surface area contributed by atoms with Gasteiger partial charge in [-0.05, 0) is 45.2 Å². The standard InChI is InChI=1S/C20H40N4O4/c1-2-3-4-5-11-18(26)16(10-6-8-15(25)9-7-13-21)20(28)24-17(12-14-22)19(23)27/h16-18,26H,2-14,21-22H2,1H3,(H2,23,27)(H,24,28)/t16-,17-,18+/m0/s1. The van der Waals surface area contributed by atoms with Crippen LogP contribution in [0.3, 0.4) is 0 Å². The molecule has 0 aliphatic heterocycles. The average Bonchev–Trinajstić information content (AvgIpc) is 2.66. The lowest BCUT2D eigenvalue weighted by Gasteiger charge is -2.24. The molecule has 164 valence electrons. The van der Waals surface area contributed by atoms with Crippen LogP contribution in [0.25, 0.3) is 0 Å². The molecule has 0 saturated carbocycles. The molecule has 0 saturated heterocycles. The zero-order valence-electron chi connectivity index (χ0n) is 17.3. The van der Waals surface area contributed by atoms with Gasteiger partial charge in [-0.1, -0.05) is 32.6 Å². The molecule has 0 aromatic carbocycles. The molecule has 0 fully saturated rings. The van der Waals surface area contributed by atoms with Crippen molar-refractivity contribution in [3.63, 3.8) is 0 Å². The molecular formula is C20H40N4O4. The maximum absolute atomic E-state index is 12.7. The molecule has 8 N–H and O–H groups in total. The summed E-state index contributed by atoms with van der Waals surface area (Å²) in [4.78, 5) is 36.0. The van der Waals surface area contributed by atoms with E-state index < -0.39 is 29.9 Å². The van der Waals surface area contributed by atoms with Gasteiger partial charge < -0.3 is 27.6 Å². The number of aliphatic hydroxyl groups is 1. The lowest BCUT2D eigenvalue weighted by Crippen LogP contribution is -2.49. The topological polar surface area (TPSA) is 162 Å². The second-order valence-corrected chi connectivity index (χ2v) is 7.39. The van der Waals surface area contributed by atoms with E-state index in [4.69, 9.17) is 17.2 Å². The Morgan fingerprint density at radius 2 is 1.57 bits per heavy atom. The number of hydrogen-bond acceptors (Lipinski definition) is 6. The van der Waals surface area contributed by atoms with Crippen LogP contribution < -0.4 is 22.5 Å². The third-order valence-corrected chi connectivity index (χ3v) is 4.90. The van der Waals surface area contributed by atoms with Gasteiger partial charge in [0.25, 0.3) is 0 Å². The SMILES string of the molecule is CCCCCC[C@@H](O)[C@H](CCCC(=O)CCCN)C(=O)N[C@@H](CCN)C(N)=O. The van der Waals surface area contributed by atoms with Crippen LogP contribution in [0.4, 0.5) is 0 Å². The zero-order valence-corrected chi connectivity index (χ0v) is 17.3. The highest BCUT2D eigenvalue weighted by Gasteiger charge is 2.29. The van der Waals surface area contributed by atoms with E-state index in [9.17, 15) is 19.5 Å². The second-order valence-electron chi connectivity index (χ2n) is 7.39. The van der Waals surface area contributed by atoms with Crippen LogP contribution >= 0.6 is 0 Å². The summed E-state index contributed by atoms with van der Waals surface area (Å²) in [6.45, 7) is 2.80. The number of nitrogens with one attached hydrogen (secondary N) is 1. The summed E-state index contributed by atoms with van der Waals surface area (Å²) in [6, 6.07) is -0.849. The largest absolute Gasteiger partial charge is 0.392 e. The van der Waals surface area contributed by atoms with E-state index in [0.29, 0.717) is 45.1 Å². The summed E-state index contributed by atoms with van der Waals surface area (Å²) < 4.78 is 0. The van der Waals surface area contributed by atoms with Crippen LogP contribution in [-0.2, 0) is 14.4 Å². The lowest BCUT2D eigenvalue weighted by atomic mass is 9.90. The quantitative estimate of drug-likeness (QED) is 0.213. The van der Waals surface area contributed by atoms with Crippen LogP contribution in [0.15, 0.2) is 0 Å². The van der Waals surface area contributed by atoms with Crippen molar-refractivity contribution in [1.82, 2.24) is 5.32 Å². The number of rotatable bonds is 18. The summed E-state index contributed by atoms with van der Waals surface area (Å²) in [5, 5.41) is 13.2. The molecule has 8 nitrogen and oxygen atoms in total. The van der Waals surface area contributed by atoms with Gasteiger partial charge in [-0.3, -0.25) is 14.4 Å². The van der Waals surface area contributed by atoms with Crippen LogP contribution in [0.1, 0.15) is 77.6 Å². The number of aliphatic hydroxyl groups excluding tert-OH is 1. The third-order valence-electron chi connectivity index (χ3n) is 4.90. The first-order chi connectivity index (χ1) is 13.4. The van der Waals surface area contributed by atoms with Crippen LogP contribution in [-0.4, -0.2) is 47.9 Å². The van der Waals surface area contributed by atoms with E-state index in [1.165, 1.54) is 0 Å². The van der Waals surface area contributed by atoms with Gasteiger partial charge in [0, 0.05) is 12.8 Å². The number of carbonyl (C=O) groups excluding carboxylic acids is 3. The normalized spacial score (nSPS) is 14.3. The van der Waals surface area contributed by atoms with Crippen molar-refractivity contribution < 1.29 is 19.5 Å². The van der Waals surface area contributed by atoms with Gasteiger partial charge in [0.2, 0.25) is 11.8 Å². The summed E-state index contributed by atoms with van der Waals surface area (Å²) in [5.41, 5.74) is 16.2. The molecule has 0 spiro atoms. The Bertz CT molecular complexity index is 459. The predicted octanol–water partition coefficient (Wildman–Crippen LogP) is 0.731. The van der Waals surface area contributed by atoms with E-state index >= 15 is 0 Å². The van der Waals surface area contributed by atoms with E-state index in [1.807, 2.05) is 0 Å². The van der Waals surface area contributed by atoms with Crippen molar-refractivity contribution >= 4 is 17.6 Å². The Morgan fingerprint density at radius 3 is 2.14 bits per heavy atom. The summed E-state index contributed by atoms with van der Waals surface area (Å²) in [5.74, 6) is -1.62. The number of carbonyl (C=O) groups is 3. The number of amides is 2. The van der Waals surface area contributed by atoms with Gasteiger partial charge in [0.05, 0.1) is 12.0 Å². The van der Waals surface area contributed by atoms with Crippen molar-refractivity contribution in [2.45, 2.75) is 89.7 Å². The monoisotopic (exact) mass is 400 g/mol. The number of Topliss-reactive ketones (excluding diaryl/α,β-unsaturated/α-hetero) is 1. The maximum Gasteiger partial charge on any atom is 0.240 e. The van der Waals surface area contributed by atoms with Crippen molar-refractivity contribution in [3.8, 4) is 0 Å². The second kappa shape index (κ2) is 16.4. The fraction of sp³-hybridized carbons (Fsp3) is 0.850. The van der Waals surface area contributed by atoms with Crippen LogP contribution in [0.5, 0.6) is 0 Å². The molecule has 0 aliphatic rings. The van der Waals surface area contributed by atoms with Crippen molar-refractivity contribution in [2.75, 3.05) is 13.1 Å². The minimum atomic E-state index is -0.849. The first kappa shape index (κ1) is 26.5. The fourth-order valence-electron chi connectivity index (χ4n) is 3.15. The van der Waals surface area contributed by atoms with Crippen LogP contribution in [0.2, 0.25) is 0 Å². The predicted molar refractivity (Wildman–Crippen MR) is 110 cm³/mol. The molecule has 0 unspecified atom stereocenters. The molecule has 0 aliphatic carbocycles. The Hall–Kier alpha value is -1.51. The highest BCUT2D eigenvalue weighted by atomic mass is 16.3. The minimum absolute atomic E-state index is 0.111. The van der Waals surface area contributed by atoms with Crippen LogP contribution in [0, 0.1) is 5.92 Å². The van der Waals surface area contributed by atoms with Gasteiger partial charge in [-0.25, -0.2) is 0 Å². The summed E-state index contributed by atoms with van der Waals surface area (Å²) in [7, 11) is 0. The lowest BCUT2D eigenvalue weighted by molar-refractivity contribution is -0.133. The molecule has 0 aromatic rings. The Labute approximate surface area is 169 Å². The number of hydrogen-bond donors (Lipinski definition) is 5. The number of nitrogens with two attached hydrogens (primary N) is 3. The van der Waals surface area contributed by atoms with Crippen molar-refractivity contribution in [1.29, 1.82) is 0 Å². The maximum atomic E-state index is 12.7. The van der Waals surface area contributed by atoms with E-state index in [-0.39, 0.29) is 18.7 Å².